The van der Waals surface area contributed by atoms with Crippen LogP contribution in [0.4, 0.5) is 11.4 Å². The van der Waals surface area contributed by atoms with E-state index in [0.717, 1.165) is 50.9 Å². The minimum Gasteiger partial charge on any atom is -0.379 e. The molecule has 0 spiro atoms. The van der Waals surface area contributed by atoms with Crippen molar-refractivity contribution in [3.05, 3.63) is 24.3 Å². The van der Waals surface area contributed by atoms with Crippen LogP contribution in [0.15, 0.2) is 24.3 Å². The van der Waals surface area contributed by atoms with Gasteiger partial charge in [0.05, 0.1) is 13.2 Å². The second kappa shape index (κ2) is 9.14. The molecule has 3 aliphatic rings. The van der Waals surface area contributed by atoms with E-state index in [1.54, 1.807) is 23.1 Å². The fraction of sp³-hybridized carbons (Fsp3) is 0.591. The van der Waals surface area contributed by atoms with Crippen LogP contribution in [0.3, 0.4) is 0 Å². The third-order valence-electron chi connectivity index (χ3n) is 6.49. The summed E-state index contributed by atoms with van der Waals surface area (Å²) in [7, 11) is 0. The van der Waals surface area contributed by atoms with Gasteiger partial charge in [-0.1, -0.05) is 6.07 Å². The molecule has 0 unspecified atom stereocenters. The number of nitrogens with one attached hydrogen (secondary N) is 2. The van der Waals surface area contributed by atoms with Crippen LogP contribution in [0, 0.1) is 0 Å². The molecule has 30 heavy (non-hydrogen) atoms. The van der Waals surface area contributed by atoms with E-state index < -0.39 is 11.8 Å². The van der Waals surface area contributed by atoms with Crippen LogP contribution < -0.4 is 15.5 Å². The van der Waals surface area contributed by atoms with E-state index >= 15 is 0 Å². The highest BCUT2D eigenvalue weighted by Crippen LogP contribution is 2.37. The predicted molar refractivity (Wildman–Crippen MR) is 113 cm³/mol. The zero-order chi connectivity index (χ0) is 21.0. The Kier molecular flexibility index (Phi) is 6.34. The number of anilines is 2. The zero-order valence-electron chi connectivity index (χ0n) is 17.3. The number of hydrogen-bond donors (Lipinski definition) is 2. The fourth-order valence-electron chi connectivity index (χ4n) is 4.57. The highest BCUT2D eigenvalue weighted by molar-refractivity contribution is 6.39. The molecule has 2 aliphatic heterocycles. The molecule has 2 heterocycles. The first-order valence-corrected chi connectivity index (χ1v) is 10.9. The van der Waals surface area contributed by atoms with Crippen LogP contribution in [0.25, 0.3) is 0 Å². The number of amides is 3. The van der Waals surface area contributed by atoms with Gasteiger partial charge >= 0.3 is 11.8 Å². The first-order chi connectivity index (χ1) is 14.6. The summed E-state index contributed by atoms with van der Waals surface area (Å²) >= 11 is 0. The van der Waals surface area contributed by atoms with Crippen LogP contribution in [0.1, 0.15) is 38.5 Å². The van der Waals surface area contributed by atoms with Crippen LogP contribution in [-0.4, -0.2) is 67.6 Å². The van der Waals surface area contributed by atoms with Crippen molar-refractivity contribution in [3.63, 3.8) is 0 Å². The quantitative estimate of drug-likeness (QED) is 0.713. The normalized spacial score (nSPS) is 21.6. The minimum atomic E-state index is -0.687. The molecule has 2 N–H and O–H groups in total. The van der Waals surface area contributed by atoms with E-state index in [1.165, 1.54) is 0 Å². The molecule has 4 rings (SSSR count). The van der Waals surface area contributed by atoms with Gasteiger partial charge in [-0.3, -0.25) is 19.3 Å². The number of morpholine rings is 1. The van der Waals surface area contributed by atoms with E-state index in [4.69, 9.17) is 4.74 Å². The topological polar surface area (TPSA) is 91.0 Å². The third kappa shape index (κ3) is 4.49. The lowest BCUT2D eigenvalue weighted by molar-refractivity contribution is -0.137. The van der Waals surface area contributed by atoms with Gasteiger partial charge in [-0.05, 0) is 50.3 Å². The maximum atomic E-state index is 12.4. The van der Waals surface area contributed by atoms with Crippen LogP contribution in [0.2, 0.25) is 0 Å². The third-order valence-corrected chi connectivity index (χ3v) is 6.49. The molecular weight excluding hydrogens is 384 g/mol. The van der Waals surface area contributed by atoms with E-state index in [9.17, 15) is 14.4 Å². The summed E-state index contributed by atoms with van der Waals surface area (Å²) in [6, 6.07) is 7.11. The number of piperidine rings is 1. The summed E-state index contributed by atoms with van der Waals surface area (Å²) in [5.41, 5.74) is 1.21. The maximum Gasteiger partial charge on any atom is 0.313 e. The Bertz CT molecular complexity index is 802. The average molecular weight is 415 g/mol. The summed E-state index contributed by atoms with van der Waals surface area (Å²) < 4.78 is 5.44. The minimum absolute atomic E-state index is 0.0474. The number of carbonyl (C=O) groups excluding carboxylic acids is 3. The van der Waals surface area contributed by atoms with Crippen molar-refractivity contribution < 1.29 is 19.1 Å². The summed E-state index contributed by atoms with van der Waals surface area (Å²) in [5, 5.41) is 5.50. The van der Waals surface area contributed by atoms with Crippen molar-refractivity contribution in [1.82, 2.24) is 10.2 Å². The standard InChI is InChI=1S/C22H30N4O4/c27-19-7-1-2-10-26(19)18-6-3-5-17(15-18)24-21(29)20(28)23-16-22(8-4-9-22)25-11-13-30-14-12-25/h3,5-6,15H,1-2,4,7-14,16H2,(H,23,28)(H,24,29). The molecule has 0 bridgehead atoms. The summed E-state index contributed by atoms with van der Waals surface area (Å²) in [6.45, 7) is 4.31. The molecule has 162 valence electrons. The van der Waals surface area contributed by atoms with Gasteiger partial charge in [-0.15, -0.1) is 0 Å². The van der Waals surface area contributed by atoms with Gasteiger partial charge in [-0.2, -0.15) is 0 Å². The van der Waals surface area contributed by atoms with E-state index in [0.29, 0.717) is 38.4 Å². The maximum absolute atomic E-state index is 12.4. The Morgan fingerprint density at radius 3 is 2.53 bits per heavy atom. The number of ether oxygens (including phenoxy) is 1. The number of nitrogens with zero attached hydrogens (tertiary/aromatic N) is 2. The van der Waals surface area contributed by atoms with Crippen molar-refractivity contribution in [1.29, 1.82) is 0 Å². The van der Waals surface area contributed by atoms with Gasteiger partial charge in [0.25, 0.3) is 0 Å². The van der Waals surface area contributed by atoms with Crippen LogP contribution in [0.5, 0.6) is 0 Å². The lowest BCUT2D eigenvalue weighted by Gasteiger charge is -2.51. The number of carbonyl (C=O) groups is 3. The second-order valence-corrected chi connectivity index (χ2v) is 8.37. The van der Waals surface area contributed by atoms with Crippen molar-refractivity contribution >= 4 is 29.1 Å². The van der Waals surface area contributed by atoms with Gasteiger partial charge < -0.3 is 20.3 Å². The summed E-state index contributed by atoms with van der Waals surface area (Å²) in [6.07, 6.45) is 5.63. The molecule has 2 saturated heterocycles. The molecule has 0 radical (unpaired) electrons. The molecule has 3 amide bonds. The summed E-state index contributed by atoms with van der Waals surface area (Å²) in [4.78, 5) is 41.1. The van der Waals surface area contributed by atoms with Crippen LogP contribution in [-0.2, 0) is 19.1 Å². The molecule has 1 aromatic rings. The van der Waals surface area contributed by atoms with Crippen molar-refractivity contribution in [3.8, 4) is 0 Å². The van der Waals surface area contributed by atoms with Gasteiger partial charge in [-0.25, -0.2) is 0 Å². The molecule has 0 atom stereocenters. The molecule has 8 heteroatoms. The molecule has 8 nitrogen and oxygen atoms in total. The number of rotatable bonds is 5. The van der Waals surface area contributed by atoms with E-state index in [1.807, 2.05) is 6.07 Å². The molecule has 3 fully saturated rings. The molecular formula is C22H30N4O4. The van der Waals surface area contributed by atoms with Crippen molar-refractivity contribution in [2.75, 3.05) is 49.6 Å². The molecule has 0 aromatic heterocycles. The Morgan fingerprint density at radius 1 is 1.03 bits per heavy atom. The van der Waals surface area contributed by atoms with Crippen molar-refractivity contribution in [2.45, 2.75) is 44.1 Å². The first-order valence-electron chi connectivity index (χ1n) is 10.9. The summed E-state index contributed by atoms with van der Waals surface area (Å²) in [5.74, 6) is -1.22. The van der Waals surface area contributed by atoms with E-state index in [-0.39, 0.29) is 11.4 Å². The molecule has 1 aliphatic carbocycles. The first kappa shape index (κ1) is 20.8. The predicted octanol–water partition coefficient (Wildman–Crippen LogP) is 1.51. The Labute approximate surface area is 176 Å². The monoisotopic (exact) mass is 414 g/mol. The molecule has 1 aromatic carbocycles. The van der Waals surface area contributed by atoms with Gasteiger partial charge in [0.2, 0.25) is 5.91 Å². The van der Waals surface area contributed by atoms with Gasteiger partial charge in [0.15, 0.2) is 0 Å². The lowest BCUT2D eigenvalue weighted by atomic mass is 9.75. The van der Waals surface area contributed by atoms with Gasteiger partial charge in [0.1, 0.15) is 0 Å². The highest BCUT2D eigenvalue weighted by atomic mass is 16.5. The molecule has 1 saturated carbocycles. The number of hydrogen-bond acceptors (Lipinski definition) is 5. The van der Waals surface area contributed by atoms with Gasteiger partial charge in [0, 0.05) is 49.5 Å². The largest absolute Gasteiger partial charge is 0.379 e. The SMILES string of the molecule is O=C(NCC1(N2CCOCC2)CCC1)C(=O)Nc1cccc(N2CCCCC2=O)c1. The lowest BCUT2D eigenvalue weighted by Crippen LogP contribution is -2.63. The average Bonchev–Trinajstić information content (AvgIpc) is 2.74. The Hall–Kier alpha value is -2.45. The Balaban J connectivity index is 1.33. The van der Waals surface area contributed by atoms with Crippen LogP contribution >= 0.6 is 0 Å². The van der Waals surface area contributed by atoms with Crippen molar-refractivity contribution in [2.24, 2.45) is 0 Å². The highest BCUT2D eigenvalue weighted by Gasteiger charge is 2.43. The zero-order valence-corrected chi connectivity index (χ0v) is 17.3. The fourth-order valence-corrected chi connectivity index (χ4v) is 4.57. The smallest absolute Gasteiger partial charge is 0.313 e. The van der Waals surface area contributed by atoms with E-state index in [2.05, 4.69) is 15.5 Å². The number of benzene rings is 1. The second-order valence-electron chi connectivity index (χ2n) is 8.37. The Morgan fingerprint density at radius 2 is 1.83 bits per heavy atom.